The Morgan fingerprint density at radius 3 is 2.75 bits per heavy atom. The fraction of sp³-hybridized carbons (Fsp3) is 0.357. The molecule has 5 nitrogen and oxygen atoms in total. The molecule has 1 saturated carbocycles. The van der Waals surface area contributed by atoms with Crippen molar-refractivity contribution in [3.8, 4) is 11.5 Å². The number of rotatable bonds is 5. The largest absolute Gasteiger partial charge is 0.421 e. The van der Waals surface area contributed by atoms with Gasteiger partial charge in [-0.25, -0.2) is 0 Å². The van der Waals surface area contributed by atoms with Gasteiger partial charge in [-0.3, -0.25) is 4.79 Å². The molecule has 0 radical (unpaired) electrons. The molecule has 1 heterocycles. The summed E-state index contributed by atoms with van der Waals surface area (Å²) >= 11 is 5.82. The summed E-state index contributed by atoms with van der Waals surface area (Å²) in [4.78, 5) is 11.6. The normalized spacial score (nSPS) is 14.2. The molecule has 1 amide bonds. The lowest BCUT2D eigenvalue weighted by Gasteiger charge is -2.00. The summed E-state index contributed by atoms with van der Waals surface area (Å²) in [5.41, 5.74) is 0.815. The summed E-state index contributed by atoms with van der Waals surface area (Å²) in [5, 5.41) is 11.5. The maximum absolute atomic E-state index is 11.6. The van der Waals surface area contributed by atoms with E-state index >= 15 is 0 Å². The molecule has 1 aliphatic rings. The Morgan fingerprint density at radius 2 is 2.05 bits per heavy atom. The van der Waals surface area contributed by atoms with Crippen molar-refractivity contribution in [1.82, 2.24) is 15.5 Å². The zero-order chi connectivity index (χ0) is 13.9. The molecular formula is C14H14ClN3O2. The number of amides is 1. The van der Waals surface area contributed by atoms with Gasteiger partial charge < -0.3 is 9.73 Å². The van der Waals surface area contributed by atoms with Crippen LogP contribution in [0, 0.1) is 0 Å². The lowest BCUT2D eigenvalue weighted by molar-refractivity contribution is -0.121. The van der Waals surface area contributed by atoms with Crippen LogP contribution in [0.5, 0.6) is 0 Å². The molecule has 6 heteroatoms. The van der Waals surface area contributed by atoms with Crippen molar-refractivity contribution >= 4 is 17.5 Å². The molecule has 0 atom stereocenters. The number of halogens is 1. The third-order valence-electron chi connectivity index (χ3n) is 3.07. The second-order valence-electron chi connectivity index (χ2n) is 4.85. The van der Waals surface area contributed by atoms with E-state index in [9.17, 15) is 4.79 Å². The third-order valence-corrected chi connectivity index (χ3v) is 3.32. The van der Waals surface area contributed by atoms with Gasteiger partial charge in [0.15, 0.2) is 0 Å². The van der Waals surface area contributed by atoms with Crippen LogP contribution >= 0.6 is 11.6 Å². The molecule has 104 valence electrons. The SMILES string of the molecule is O=C(CCc1nnc(-c2ccc(Cl)cc2)o1)NC1CC1. The second-order valence-corrected chi connectivity index (χ2v) is 5.29. The van der Waals surface area contributed by atoms with E-state index in [-0.39, 0.29) is 5.91 Å². The fourth-order valence-electron chi connectivity index (χ4n) is 1.81. The number of nitrogens with zero attached hydrogens (tertiary/aromatic N) is 2. The molecule has 0 unspecified atom stereocenters. The van der Waals surface area contributed by atoms with Crippen molar-refractivity contribution in [2.45, 2.75) is 31.7 Å². The van der Waals surface area contributed by atoms with Crippen LogP contribution in [0.3, 0.4) is 0 Å². The van der Waals surface area contributed by atoms with Crippen molar-refractivity contribution in [1.29, 1.82) is 0 Å². The summed E-state index contributed by atoms with van der Waals surface area (Å²) in [6, 6.07) is 7.56. The van der Waals surface area contributed by atoms with Gasteiger partial charge in [-0.2, -0.15) is 0 Å². The number of benzene rings is 1. The molecule has 1 N–H and O–H groups in total. The Kier molecular flexibility index (Phi) is 3.69. The molecule has 1 aliphatic carbocycles. The molecule has 0 saturated heterocycles. The van der Waals surface area contributed by atoms with Crippen LogP contribution in [-0.4, -0.2) is 22.1 Å². The highest BCUT2D eigenvalue weighted by Gasteiger charge is 2.23. The highest BCUT2D eigenvalue weighted by molar-refractivity contribution is 6.30. The van der Waals surface area contributed by atoms with Crippen molar-refractivity contribution in [3.05, 3.63) is 35.2 Å². The van der Waals surface area contributed by atoms with Crippen LogP contribution in [0.1, 0.15) is 25.2 Å². The van der Waals surface area contributed by atoms with E-state index in [0.717, 1.165) is 18.4 Å². The highest BCUT2D eigenvalue weighted by Crippen LogP contribution is 2.21. The molecule has 1 aromatic carbocycles. The van der Waals surface area contributed by atoms with Gasteiger partial charge in [0.25, 0.3) is 0 Å². The Bertz CT molecular complexity index is 605. The van der Waals surface area contributed by atoms with Crippen LogP contribution in [-0.2, 0) is 11.2 Å². The van der Waals surface area contributed by atoms with E-state index in [2.05, 4.69) is 15.5 Å². The first-order valence-corrected chi connectivity index (χ1v) is 6.96. The van der Waals surface area contributed by atoms with Gasteiger partial charge in [0.05, 0.1) is 0 Å². The van der Waals surface area contributed by atoms with E-state index in [0.29, 0.717) is 35.7 Å². The molecular weight excluding hydrogens is 278 g/mol. The standard InChI is InChI=1S/C14H14ClN3O2/c15-10-3-1-9(2-4-10)14-18-17-13(20-14)8-7-12(19)16-11-5-6-11/h1-4,11H,5-8H2,(H,16,19). The molecule has 3 rings (SSSR count). The van der Waals surface area contributed by atoms with E-state index in [1.165, 1.54) is 0 Å². The average Bonchev–Trinajstić information content (AvgIpc) is 3.12. The molecule has 2 aromatic rings. The minimum Gasteiger partial charge on any atom is -0.421 e. The minimum absolute atomic E-state index is 0.0405. The van der Waals surface area contributed by atoms with Gasteiger partial charge >= 0.3 is 0 Å². The van der Waals surface area contributed by atoms with Crippen LogP contribution < -0.4 is 5.32 Å². The summed E-state index contributed by atoms with van der Waals surface area (Å²) in [6.45, 7) is 0. The summed E-state index contributed by atoms with van der Waals surface area (Å²) < 4.78 is 5.54. The summed E-state index contributed by atoms with van der Waals surface area (Å²) in [5.74, 6) is 0.957. The number of aromatic nitrogens is 2. The van der Waals surface area contributed by atoms with Crippen LogP contribution in [0.4, 0.5) is 0 Å². The van der Waals surface area contributed by atoms with Gasteiger partial charge in [-0.15, -0.1) is 10.2 Å². The maximum Gasteiger partial charge on any atom is 0.247 e. The lowest BCUT2D eigenvalue weighted by Crippen LogP contribution is -2.25. The van der Waals surface area contributed by atoms with E-state index in [1.807, 2.05) is 12.1 Å². The smallest absolute Gasteiger partial charge is 0.247 e. The van der Waals surface area contributed by atoms with Gasteiger partial charge in [0.2, 0.25) is 17.7 Å². The van der Waals surface area contributed by atoms with E-state index in [4.69, 9.17) is 16.0 Å². The van der Waals surface area contributed by atoms with E-state index < -0.39 is 0 Å². The van der Waals surface area contributed by atoms with Crippen molar-refractivity contribution < 1.29 is 9.21 Å². The summed E-state index contributed by atoms with van der Waals surface area (Å²) in [7, 11) is 0. The van der Waals surface area contributed by atoms with Crippen molar-refractivity contribution in [3.63, 3.8) is 0 Å². The van der Waals surface area contributed by atoms with Crippen LogP contribution in [0.2, 0.25) is 5.02 Å². The predicted molar refractivity (Wildman–Crippen MR) is 74.2 cm³/mol. The number of carbonyl (C=O) groups excluding carboxylic acids is 1. The molecule has 1 aromatic heterocycles. The lowest BCUT2D eigenvalue weighted by atomic mass is 10.2. The van der Waals surface area contributed by atoms with Crippen LogP contribution in [0.25, 0.3) is 11.5 Å². The van der Waals surface area contributed by atoms with Gasteiger partial charge in [0.1, 0.15) is 0 Å². The zero-order valence-electron chi connectivity index (χ0n) is 10.8. The number of aryl methyl sites for hydroxylation is 1. The molecule has 20 heavy (non-hydrogen) atoms. The molecule has 0 aliphatic heterocycles. The van der Waals surface area contributed by atoms with Crippen molar-refractivity contribution in [2.75, 3.05) is 0 Å². The predicted octanol–water partition coefficient (Wildman–Crippen LogP) is 2.60. The number of nitrogens with one attached hydrogen (secondary N) is 1. The Morgan fingerprint density at radius 1 is 1.30 bits per heavy atom. The zero-order valence-corrected chi connectivity index (χ0v) is 11.6. The monoisotopic (exact) mass is 291 g/mol. The van der Waals surface area contributed by atoms with Gasteiger partial charge in [-0.1, -0.05) is 11.6 Å². The first-order chi connectivity index (χ1) is 9.70. The highest BCUT2D eigenvalue weighted by atomic mass is 35.5. The maximum atomic E-state index is 11.6. The fourth-order valence-corrected chi connectivity index (χ4v) is 1.94. The second kappa shape index (κ2) is 5.63. The number of hydrogen-bond donors (Lipinski definition) is 1. The third kappa shape index (κ3) is 3.36. The molecule has 0 bridgehead atoms. The quantitative estimate of drug-likeness (QED) is 0.919. The van der Waals surface area contributed by atoms with Gasteiger partial charge in [0, 0.05) is 29.5 Å². The van der Waals surface area contributed by atoms with E-state index in [1.54, 1.807) is 12.1 Å². The molecule has 1 fully saturated rings. The average molecular weight is 292 g/mol. The molecule has 0 spiro atoms. The van der Waals surface area contributed by atoms with Crippen molar-refractivity contribution in [2.24, 2.45) is 0 Å². The minimum atomic E-state index is 0.0405. The summed E-state index contributed by atoms with van der Waals surface area (Å²) in [6.07, 6.45) is 3.01. The topological polar surface area (TPSA) is 68.0 Å². The van der Waals surface area contributed by atoms with Crippen LogP contribution in [0.15, 0.2) is 28.7 Å². The Labute approximate surface area is 121 Å². The number of carbonyl (C=O) groups is 1. The Hall–Kier alpha value is -1.88. The first-order valence-electron chi connectivity index (χ1n) is 6.58. The van der Waals surface area contributed by atoms with Gasteiger partial charge in [-0.05, 0) is 37.1 Å². The Balaban J connectivity index is 1.58. The number of hydrogen-bond acceptors (Lipinski definition) is 4. The first kappa shape index (κ1) is 13.1.